The fraction of sp³-hybridized carbons (Fsp3) is 0.111. The van der Waals surface area contributed by atoms with Gasteiger partial charge in [-0.1, -0.05) is 0 Å². The van der Waals surface area contributed by atoms with E-state index in [0.717, 1.165) is 5.69 Å². The molecule has 5 heteroatoms. The summed E-state index contributed by atoms with van der Waals surface area (Å²) in [6.07, 6.45) is 1.59. The Balaban J connectivity index is 2.22. The van der Waals surface area contributed by atoms with E-state index in [1.165, 1.54) is 18.3 Å². The molecule has 0 atom stereocenters. The SMILES string of the molecule is CC(=O)Nc1nc(-c2ccco2)cs1. The Morgan fingerprint density at radius 1 is 1.64 bits per heavy atom. The monoisotopic (exact) mass is 208 g/mol. The molecule has 2 aromatic heterocycles. The first-order valence-corrected chi connectivity index (χ1v) is 4.90. The highest BCUT2D eigenvalue weighted by Crippen LogP contribution is 2.24. The minimum Gasteiger partial charge on any atom is -0.463 e. The zero-order valence-corrected chi connectivity index (χ0v) is 8.30. The number of furan rings is 1. The van der Waals surface area contributed by atoms with Crippen LogP contribution < -0.4 is 5.32 Å². The van der Waals surface area contributed by atoms with Crippen molar-refractivity contribution in [2.75, 3.05) is 5.32 Å². The van der Waals surface area contributed by atoms with E-state index in [1.807, 2.05) is 11.4 Å². The number of aromatic nitrogens is 1. The predicted octanol–water partition coefficient (Wildman–Crippen LogP) is 2.36. The molecule has 0 saturated heterocycles. The minimum absolute atomic E-state index is 0.120. The molecule has 2 aromatic rings. The lowest BCUT2D eigenvalue weighted by Crippen LogP contribution is -2.04. The van der Waals surface area contributed by atoms with Crippen molar-refractivity contribution in [2.24, 2.45) is 0 Å². The number of anilines is 1. The lowest BCUT2D eigenvalue weighted by Gasteiger charge is -1.92. The number of hydrogen-bond acceptors (Lipinski definition) is 4. The number of amides is 1. The molecule has 0 unspecified atom stereocenters. The summed E-state index contributed by atoms with van der Waals surface area (Å²) in [5.41, 5.74) is 0.740. The Bertz CT molecular complexity index is 433. The maximum atomic E-state index is 10.7. The van der Waals surface area contributed by atoms with Crippen LogP contribution in [0, 0.1) is 0 Å². The molecule has 0 radical (unpaired) electrons. The summed E-state index contributed by atoms with van der Waals surface area (Å²) in [5.74, 6) is 0.586. The zero-order chi connectivity index (χ0) is 9.97. The maximum Gasteiger partial charge on any atom is 0.223 e. The zero-order valence-electron chi connectivity index (χ0n) is 7.48. The first-order valence-electron chi connectivity index (χ1n) is 4.03. The highest BCUT2D eigenvalue weighted by molar-refractivity contribution is 7.14. The summed E-state index contributed by atoms with van der Waals surface area (Å²) < 4.78 is 5.17. The van der Waals surface area contributed by atoms with Crippen LogP contribution in [0.15, 0.2) is 28.2 Å². The highest BCUT2D eigenvalue weighted by atomic mass is 32.1. The molecule has 0 aromatic carbocycles. The topological polar surface area (TPSA) is 55.1 Å². The van der Waals surface area contributed by atoms with Crippen LogP contribution >= 0.6 is 11.3 Å². The Labute approximate surface area is 84.6 Å². The van der Waals surface area contributed by atoms with Gasteiger partial charge in [-0.15, -0.1) is 11.3 Å². The Morgan fingerprint density at radius 3 is 3.14 bits per heavy atom. The molecule has 4 nitrogen and oxygen atoms in total. The second-order valence-corrected chi connectivity index (χ2v) is 3.55. The van der Waals surface area contributed by atoms with Crippen molar-refractivity contribution in [3.8, 4) is 11.5 Å². The molecule has 0 aliphatic rings. The molecule has 2 rings (SSSR count). The predicted molar refractivity (Wildman–Crippen MR) is 54.1 cm³/mol. The van der Waals surface area contributed by atoms with Crippen molar-refractivity contribution in [1.29, 1.82) is 0 Å². The van der Waals surface area contributed by atoms with Gasteiger partial charge in [-0.25, -0.2) is 4.98 Å². The first-order chi connectivity index (χ1) is 6.75. The van der Waals surface area contributed by atoms with Crippen molar-refractivity contribution in [3.63, 3.8) is 0 Å². The van der Waals surface area contributed by atoms with E-state index >= 15 is 0 Å². The number of carbonyl (C=O) groups excluding carboxylic acids is 1. The van der Waals surface area contributed by atoms with E-state index in [0.29, 0.717) is 10.9 Å². The van der Waals surface area contributed by atoms with E-state index in [4.69, 9.17) is 4.42 Å². The Hall–Kier alpha value is -1.62. The molecular weight excluding hydrogens is 200 g/mol. The van der Waals surface area contributed by atoms with Gasteiger partial charge in [-0.05, 0) is 12.1 Å². The molecule has 0 fully saturated rings. The van der Waals surface area contributed by atoms with Crippen molar-refractivity contribution in [3.05, 3.63) is 23.8 Å². The van der Waals surface area contributed by atoms with Crippen LogP contribution in [0.4, 0.5) is 5.13 Å². The van der Waals surface area contributed by atoms with Gasteiger partial charge in [0.25, 0.3) is 0 Å². The summed E-state index contributed by atoms with van der Waals surface area (Å²) in [7, 11) is 0. The Kier molecular flexibility index (Phi) is 2.32. The van der Waals surface area contributed by atoms with Crippen LogP contribution in [-0.4, -0.2) is 10.9 Å². The van der Waals surface area contributed by atoms with Gasteiger partial charge >= 0.3 is 0 Å². The summed E-state index contributed by atoms with van der Waals surface area (Å²) >= 11 is 1.37. The highest BCUT2D eigenvalue weighted by Gasteiger charge is 2.06. The normalized spacial score (nSPS) is 10.1. The number of carbonyl (C=O) groups is 1. The average molecular weight is 208 g/mol. The van der Waals surface area contributed by atoms with Crippen LogP contribution in [0.3, 0.4) is 0 Å². The first kappa shape index (κ1) is 8.96. The van der Waals surface area contributed by atoms with Crippen molar-refractivity contribution in [1.82, 2.24) is 4.98 Å². The summed E-state index contributed by atoms with van der Waals surface area (Å²) in [6, 6.07) is 3.62. The Morgan fingerprint density at radius 2 is 2.50 bits per heavy atom. The molecule has 0 saturated carbocycles. The van der Waals surface area contributed by atoms with E-state index in [-0.39, 0.29) is 5.91 Å². The molecule has 1 amide bonds. The molecular formula is C9H8N2O2S. The third-order valence-electron chi connectivity index (χ3n) is 1.56. The molecule has 72 valence electrons. The molecule has 0 bridgehead atoms. The largest absolute Gasteiger partial charge is 0.463 e. The third-order valence-corrected chi connectivity index (χ3v) is 2.32. The van der Waals surface area contributed by atoms with Gasteiger partial charge in [0.2, 0.25) is 5.91 Å². The standard InChI is InChI=1S/C9H8N2O2S/c1-6(12)10-9-11-7(5-14-9)8-3-2-4-13-8/h2-5H,1H3,(H,10,11,12). The summed E-state index contributed by atoms with van der Waals surface area (Å²) in [5, 5.41) is 5.04. The van der Waals surface area contributed by atoms with Crippen LogP contribution in [0.1, 0.15) is 6.92 Å². The van der Waals surface area contributed by atoms with Crippen LogP contribution in [0.5, 0.6) is 0 Å². The quantitative estimate of drug-likeness (QED) is 0.824. The lowest BCUT2D eigenvalue weighted by molar-refractivity contribution is -0.114. The van der Waals surface area contributed by atoms with Gasteiger partial charge in [0.1, 0.15) is 5.69 Å². The number of rotatable bonds is 2. The van der Waals surface area contributed by atoms with E-state index < -0.39 is 0 Å². The lowest BCUT2D eigenvalue weighted by atomic mass is 10.4. The van der Waals surface area contributed by atoms with Crippen molar-refractivity contribution >= 4 is 22.4 Å². The molecule has 14 heavy (non-hydrogen) atoms. The number of nitrogens with zero attached hydrogens (tertiary/aromatic N) is 1. The van der Waals surface area contributed by atoms with Crippen LogP contribution in [0.2, 0.25) is 0 Å². The number of hydrogen-bond donors (Lipinski definition) is 1. The van der Waals surface area contributed by atoms with Crippen LogP contribution in [0.25, 0.3) is 11.5 Å². The van der Waals surface area contributed by atoms with Gasteiger partial charge in [0.15, 0.2) is 10.9 Å². The second-order valence-electron chi connectivity index (χ2n) is 2.70. The second kappa shape index (κ2) is 3.63. The number of nitrogens with one attached hydrogen (secondary N) is 1. The van der Waals surface area contributed by atoms with E-state index in [1.54, 1.807) is 12.3 Å². The van der Waals surface area contributed by atoms with Crippen molar-refractivity contribution in [2.45, 2.75) is 6.92 Å². The smallest absolute Gasteiger partial charge is 0.223 e. The number of thiazole rings is 1. The third kappa shape index (κ3) is 1.82. The van der Waals surface area contributed by atoms with Gasteiger partial charge in [0, 0.05) is 12.3 Å². The fourth-order valence-electron chi connectivity index (χ4n) is 1.02. The molecule has 0 aliphatic carbocycles. The van der Waals surface area contributed by atoms with Gasteiger partial charge in [-0.2, -0.15) is 0 Å². The molecule has 1 N–H and O–H groups in total. The van der Waals surface area contributed by atoms with Gasteiger partial charge < -0.3 is 9.73 Å². The molecule has 0 aliphatic heterocycles. The summed E-state index contributed by atoms with van der Waals surface area (Å²) in [6.45, 7) is 1.45. The maximum absolute atomic E-state index is 10.7. The van der Waals surface area contributed by atoms with Crippen LogP contribution in [-0.2, 0) is 4.79 Å². The summed E-state index contributed by atoms with van der Waals surface area (Å²) in [4.78, 5) is 14.9. The van der Waals surface area contributed by atoms with E-state index in [2.05, 4.69) is 10.3 Å². The van der Waals surface area contributed by atoms with Gasteiger partial charge in [-0.3, -0.25) is 4.79 Å². The van der Waals surface area contributed by atoms with E-state index in [9.17, 15) is 4.79 Å². The minimum atomic E-state index is -0.120. The van der Waals surface area contributed by atoms with Gasteiger partial charge in [0.05, 0.1) is 6.26 Å². The van der Waals surface area contributed by atoms with Crippen molar-refractivity contribution < 1.29 is 9.21 Å². The fourth-order valence-corrected chi connectivity index (χ4v) is 1.77. The average Bonchev–Trinajstić information content (AvgIpc) is 2.69. The molecule has 0 spiro atoms. The molecule has 2 heterocycles.